The monoisotopic (exact) mass is 488 g/mol. The predicted octanol–water partition coefficient (Wildman–Crippen LogP) is 3.46. The van der Waals surface area contributed by atoms with Gasteiger partial charge in [0.15, 0.2) is 6.19 Å². The van der Waals surface area contributed by atoms with Crippen LogP contribution in [0.5, 0.6) is 0 Å². The number of nitrogens with one attached hydrogen (secondary N) is 3. The Kier molecular flexibility index (Phi) is 8.41. The van der Waals surface area contributed by atoms with Crippen LogP contribution in [0, 0.1) is 22.7 Å². The molecule has 0 aliphatic carbocycles. The summed E-state index contributed by atoms with van der Waals surface area (Å²) in [7, 11) is 0. The van der Waals surface area contributed by atoms with Crippen molar-refractivity contribution in [2.75, 3.05) is 19.6 Å². The zero-order valence-electron chi connectivity index (χ0n) is 18.7. The molecule has 3 N–H and O–H groups in total. The van der Waals surface area contributed by atoms with Crippen molar-refractivity contribution in [1.29, 1.82) is 10.7 Å². The van der Waals surface area contributed by atoms with E-state index in [1.165, 1.54) is 23.1 Å². The first-order valence-electron chi connectivity index (χ1n) is 10.9. The minimum atomic E-state index is -4.50. The molecule has 184 valence electrons. The van der Waals surface area contributed by atoms with Gasteiger partial charge < -0.3 is 15.6 Å². The lowest BCUT2D eigenvalue weighted by Crippen LogP contribution is -2.45. The molecule has 0 saturated carbocycles. The molecule has 11 heteroatoms. The summed E-state index contributed by atoms with van der Waals surface area (Å²) in [6, 6.07) is 9.64. The molecule has 35 heavy (non-hydrogen) atoms. The van der Waals surface area contributed by atoms with Gasteiger partial charge in [0.05, 0.1) is 23.9 Å². The standard InChI is InChI=1S/C24H24F4N6O/c25-19-5-2-1-4-16(19)11-12-31-23(33-15-29)32-14-20(34-13-3-6-21(34)35)22(30)17-7-9-18(10-8-17)24(26,27)28/h1-2,4-5,7-10,20,30H,3,6,11-14H2,(H2,31,32,33). The van der Waals surface area contributed by atoms with Gasteiger partial charge in [-0.05, 0) is 42.2 Å². The fourth-order valence-corrected chi connectivity index (χ4v) is 3.76. The number of rotatable bonds is 8. The van der Waals surface area contributed by atoms with E-state index >= 15 is 0 Å². The van der Waals surface area contributed by atoms with Crippen LogP contribution < -0.4 is 10.6 Å². The first-order chi connectivity index (χ1) is 16.7. The van der Waals surface area contributed by atoms with Crippen LogP contribution >= 0.6 is 0 Å². The molecule has 1 aliphatic heterocycles. The summed E-state index contributed by atoms with van der Waals surface area (Å²) in [5.74, 6) is -0.441. The maximum atomic E-state index is 13.8. The minimum Gasteiger partial charge on any atom is -0.355 e. The molecule has 1 aliphatic rings. The van der Waals surface area contributed by atoms with Crippen molar-refractivity contribution < 1.29 is 22.4 Å². The second-order valence-electron chi connectivity index (χ2n) is 7.89. The van der Waals surface area contributed by atoms with E-state index in [-0.39, 0.29) is 42.0 Å². The summed E-state index contributed by atoms with van der Waals surface area (Å²) in [6.07, 6.45) is -1.51. The van der Waals surface area contributed by atoms with Gasteiger partial charge in [-0.2, -0.15) is 18.4 Å². The summed E-state index contributed by atoms with van der Waals surface area (Å²) in [5, 5.41) is 23.0. The number of benzene rings is 2. The molecule has 0 radical (unpaired) electrons. The predicted molar refractivity (Wildman–Crippen MR) is 122 cm³/mol. The Bertz CT molecular complexity index is 1120. The maximum Gasteiger partial charge on any atom is 0.416 e. The fourth-order valence-electron chi connectivity index (χ4n) is 3.76. The molecule has 0 spiro atoms. The molecule has 3 rings (SSSR count). The average molecular weight is 488 g/mol. The fraction of sp³-hybridized carbons (Fsp3) is 0.333. The van der Waals surface area contributed by atoms with Crippen LogP contribution in [-0.4, -0.2) is 48.2 Å². The Morgan fingerprint density at radius 2 is 1.91 bits per heavy atom. The Hall–Kier alpha value is -3.94. The highest BCUT2D eigenvalue weighted by Gasteiger charge is 2.33. The number of carbonyl (C=O) groups excluding carboxylic acids is 1. The maximum absolute atomic E-state index is 13.8. The van der Waals surface area contributed by atoms with Gasteiger partial charge in [-0.15, -0.1) is 0 Å². The van der Waals surface area contributed by atoms with Crippen LogP contribution in [0.4, 0.5) is 17.6 Å². The van der Waals surface area contributed by atoms with E-state index in [4.69, 9.17) is 10.7 Å². The van der Waals surface area contributed by atoms with Gasteiger partial charge in [0.1, 0.15) is 5.82 Å². The molecule has 1 unspecified atom stereocenters. The lowest BCUT2D eigenvalue weighted by molar-refractivity contribution is -0.137. The van der Waals surface area contributed by atoms with E-state index < -0.39 is 17.8 Å². The number of halogens is 4. The number of alkyl halides is 3. The summed E-state index contributed by atoms with van der Waals surface area (Å²) < 4.78 is 52.5. The summed E-state index contributed by atoms with van der Waals surface area (Å²) >= 11 is 0. The quantitative estimate of drug-likeness (QED) is 0.174. The number of nitriles is 1. The van der Waals surface area contributed by atoms with Gasteiger partial charge in [-0.25, -0.2) is 9.38 Å². The average Bonchev–Trinajstić information content (AvgIpc) is 3.25. The first-order valence-corrected chi connectivity index (χ1v) is 10.9. The van der Waals surface area contributed by atoms with Crippen molar-refractivity contribution in [3.8, 4) is 6.19 Å². The highest BCUT2D eigenvalue weighted by Crippen LogP contribution is 2.29. The lowest BCUT2D eigenvalue weighted by atomic mass is 10.0. The van der Waals surface area contributed by atoms with Crippen molar-refractivity contribution >= 4 is 17.6 Å². The van der Waals surface area contributed by atoms with Gasteiger partial charge in [-0.3, -0.25) is 10.1 Å². The molecular formula is C24H24F4N6O. The third-order valence-corrected chi connectivity index (χ3v) is 5.58. The van der Waals surface area contributed by atoms with Crippen LogP contribution in [0.15, 0.2) is 53.5 Å². The van der Waals surface area contributed by atoms with Crippen molar-refractivity contribution in [1.82, 2.24) is 15.5 Å². The molecule has 0 bridgehead atoms. The molecule has 0 aromatic heterocycles. The highest BCUT2D eigenvalue weighted by atomic mass is 19.4. The van der Waals surface area contributed by atoms with Gasteiger partial charge in [0, 0.05) is 19.5 Å². The number of hydrogen-bond acceptors (Lipinski definition) is 4. The Labute approximate surface area is 200 Å². The molecule has 1 heterocycles. The largest absolute Gasteiger partial charge is 0.416 e. The molecule has 2 aromatic rings. The van der Waals surface area contributed by atoms with Gasteiger partial charge in [0.2, 0.25) is 11.9 Å². The Morgan fingerprint density at radius 3 is 2.51 bits per heavy atom. The van der Waals surface area contributed by atoms with Crippen molar-refractivity contribution in [3.05, 3.63) is 71.0 Å². The zero-order chi connectivity index (χ0) is 25.4. The van der Waals surface area contributed by atoms with E-state index in [0.717, 1.165) is 12.1 Å². The number of carbonyl (C=O) groups is 1. The molecule has 1 fully saturated rings. The van der Waals surface area contributed by atoms with E-state index in [9.17, 15) is 22.4 Å². The number of hydrogen-bond donors (Lipinski definition) is 3. The van der Waals surface area contributed by atoms with Crippen LogP contribution in [0.2, 0.25) is 0 Å². The molecule has 7 nitrogen and oxygen atoms in total. The zero-order valence-corrected chi connectivity index (χ0v) is 18.7. The van der Waals surface area contributed by atoms with Crippen molar-refractivity contribution in [2.24, 2.45) is 4.99 Å². The molecule has 1 saturated heterocycles. The number of amides is 1. The third kappa shape index (κ3) is 6.79. The Balaban J connectivity index is 1.75. The molecular weight excluding hydrogens is 464 g/mol. The smallest absolute Gasteiger partial charge is 0.355 e. The van der Waals surface area contributed by atoms with Gasteiger partial charge >= 0.3 is 6.18 Å². The number of guanidine groups is 1. The SMILES string of the molecule is N#CNC(=NCC(C(=N)c1ccc(C(F)(F)F)cc1)N1CCCC1=O)NCCc1ccccc1F. The van der Waals surface area contributed by atoms with Crippen LogP contribution in [0.3, 0.4) is 0 Å². The second-order valence-corrected chi connectivity index (χ2v) is 7.89. The van der Waals surface area contributed by atoms with E-state index in [1.54, 1.807) is 24.4 Å². The Morgan fingerprint density at radius 1 is 1.20 bits per heavy atom. The second kappa shape index (κ2) is 11.5. The minimum absolute atomic E-state index is 0.0552. The third-order valence-electron chi connectivity index (χ3n) is 5.58. The summed E-state index contributed by atoms with van der Waals surface area (Å²) in [4.78, 5) is 18.2. The lowest BCUT2D eigenvalue weighted by Gasteiger charge is -2.27. The van der Waals surface area contributed by atoms with Gasteiger partial charge in [0.25, 0.3) is 0 Å². The van der Waals surface area contributed by atoms with Crippen molar-refractivity contribution in [3.63, 3.8) is 0 Å². The summed E-state index contributed by atoms with van der Waals surface area (Å²) in [5.41, 5.74) is -0.165. The van der Waals surface area contributed by atoms with Crippen LogP contribution in [0.1, 0.15) is 29.5 Å². The topological polar surface area (TPSA) is 104 Å². The molecule has 1 amide bonds. The number of nitrogens with zero attached hydrogens (tertiary/aromatic N) is 3. The van der Waals surface area contributed by atoms with E-state index in [2.05, 4.69) is 15.6 Å². The van der Waals surface area contributed by atoms with E-state index in [0.29, 0.717) is 31.4 Å². The number of aliphatic imine (C=N–C) groups is 1. The highest BCUT2D eigenvalue weighted by molar-refractivity contribution is 6.04. The van der Waals surface area contributed by atoms with Crippen molar-refractivity contribution in [2.45, 2.75) is 31.5 Å². The van der Waals surface area contributed by atoms with Crippen LogP contribution in [0.25, 0.3) is 0 Å². The normalized spacial score (nSPS) is 15.0. The van der Waals surface area contributed by atoms with Gasteiger partial charge in [-0.1, -0.05) is 30.3 Å². The number of likely N-dealkylation sites (tertiary alicyclic amines) is 1. The molecule has 2 aromatic carbocycles. The molecule has 1 atom stereocenters. The summed E-state index contributed by atoms with van der Waals surface area (Å²) in [6.45, 7) is 0.560. The van der Waals surface area contributed by atoms with E-state index in [1.807, 2.05) is 0 Å². The first kappa shape index (κ1) is 25.7. The van der Waals surface area contributed by atoms with Crippen LogP contribution in [-0.2, 0) is 17.4 Å².